The molecule has 1 aromatic carbocycles. The summed E-state index contributed by atoms with van der Waals surface area (Å²) >= 11 is 0. The van der Waals surface area contributed by atoms with Crippen LogP contribution in [0.3, 0.4) is 0 Å². The second kappa shape index (κ2) is 6.95. The largest absolute Gasteiger partial charge is 0.493 e. The van der Waals surface area contributed by atoms with Crippen molar-refractivity contribution in [3.8, 4) is 5.75 Å². The summed E-state index contributed by atoms with van der Waals surface area (Å²) < 4.78 is 5.72. The lowest BCUT2D eigenvalue weighted by molar-refractivity contribution is -0.125. The Bertz CT molecular complexity index is 461. The molecule has 4 nitrogen and oxygen atoms in total. The Kier molecular flexibility index (Phi) is 5.26. The molecule has 1 amide bonds. The van der Waals surface area contributed by atoms with E-state index < -0.39 is 0 Å². The zero-order valence-corrected chi connectivity index (χ0v) is 12.2. The van der Waals surface area contributed by atoms with E-state index in [-0.39, 0.29) is 30.3 Å². The van der Waals surface area contributed by atoms with Crippen molar-refractivity contribution in [1.82, 2.24) is 10.6 Å². The highest BCUT2D eigenvalue weighted by Crippen LogP contribution is 2.31. The fourth-order valence-corrected chi connectivity index (χ4v) is 2.84. The lowest BCUT2D eigenvalue weighted by atomic mass is 10.0. The third-order valence-corrected chi connectivity index (χ3v) is 3.94. The molecule has 1 aromatic rings. The summed E-state index contributed by atoms with van der Waals surface area (Å²) in [6, 6.07) is 8.11. The Hall–Kier alpha value is -1.26. The van der Waals surface area contributed by atoms with Crippen LogP contribution in [0.5, 0.6) is 5.75 Å². The summed E-state index contributed by atoms with van der Waals surface area (Å²) in [7, 11) is 0. The van der Waals surface area contributed by atoms with E-state index in [1.165, 1.54) is 0 Å². The number of para-hydroxylation sites is 1. The number of carbonyl (C=O) groups excluding carboxylic acids is 1. The molecule has 0 radical (unpaired) electrons. The van der Waals surface area contributed by atoms with Gasteiger partial charge in [0.2, 0.25) is 5.91 Å². The second-order valence-electron chi connectivity index (χ2n) is 5.28. The summed E-state index contributed by atoms with van der Waals surface area (Å²) in [6.07, 6.45) is 2.86. The highest BCUT2D eigenvalue weighted by atomic mass is 35.5. The third-order valence-electron chi connectivity index (χ3n) is 3.94. The van der Waals surface area contributed by atoms with E-state index in [1.54, 1.807) is 0 Å². The third kappa shape index (κ3) is 3.25. The predicted molar refractivity (Wildman–Crippen MR) is 80.3 cm³/mol. The van der Waals surface area contributed by atoms with Crippen LogP contribution in [-0.2, 0) is 4.79 Å². The summed E-state index contributed by atoms with van der Waals surface area (Å²) in [6.45, 7) is 2.48. The van der Waals surface area contributed by atoms with Gasteiger partial charge in [0.1, 0.15) is 5.75 Å². The molecule has 3 rings (SSSR count). The molecule has 20 heavy (non-hydrogen) atoms. The van der Waals surface area contributed by atoms with Gasteiger partial charge in [-0.05, 0) is 31.9 Å². The van der Waals surface area contributed by atoms with Gasteiger partial charge in [0.05, 0.1) is 18.6 Å². The van der Waals surface area contributed by atoms with Crippen LogP contribution in [0, 0.1) is 5.92 Å². The maximum absolute atomic E-state index is 12.2. The van der Waals surface area contributed by atoms with Crippen molar-refractivity contribution in [3.05, 3.63) is 29.8 Å². The van der Waals surface area contributed by atoms with Gasteiger partial charge < -0.3 is 15.4 Å². The zero-order chi connectivity index (χ0) is 13.1. The van der Waals surface area contributed by atoms with E-state index in [9.17, 15) is 4.79 Å². The topological polar surface area (TPSA) is 50.4 Å². The first-order chi connectivity index (χ1) is 9.34. The van der Waals surface area contributed by atoms with Crippen molar-refractivity contribution in [1.29, 1.82) is 0 Å². The maximum Gasteiger partial charge on any atom is 0.224 e. The highest BCUT2D eigenvalue weighted by Gasteiger charge is 2.27. The minimum absolute atomic E-state index is 0. The summed E-state index contributed by atoms with van der Waals surface area (Å²) in [5.74, 6) is 1.21. The number of rotatable bonds is 2. The van der Waals surface area contributed by atoms with Crippen molar-refractivity contribution >= 4 is 18.3 Å². The van der Waals surface area contributed by atoms with Crippen LogP contribution in [0.4, 0.5) is 0 Å². The van der Waals surface area contributed by atoms with Crippen LogP contribution in [0.1, 0.15) is 30.9 Å². The Morgan fingerprint density at radius 2 is 2.15 bits per heavy atom. The van der Waals surface area contributed by atoms with Crippen LogP contribution in [0.15, 0.2) is 24.3 Å². The molecule has 2 unspecified atom stereocenters. The van der Waals surface area contributed by atoms with Gasteiger partial charge in [-0.1, -0.05) is 18.2 Å². The summed E-state index contributed by atoms with van der Waals surface area (Å²) in [4.78, 5) is 12.2. The van der Waals surface area contributed by atoms with Crippen molar-refractivity contribution in [3.63, 3.8) is 0 Å². The number of hydrogen-bond acceptors (Lipinski definition) is 3. The molecule has 0 aromatic heterocycles. The first kappa shape index (κ1) is 15.1. The van der Waals surface area contributed by atoms with Crippen LogP contribution < -0.4 is 15.4 Å². The Morgan fingerprint density at radius 3 is 2.95 bits per heavy atom. The number of halogens is 1. The Morgan fingerprint density at radius 1 is 1.30 bits per heavy atom. The molecule has 2 heterocycles. The number of ether oxygens (including phenoxy) is 1. The molecule has 2 N–H and O–H groups in total. The van der Waals surface area contributed by atoms with Crippen LogP contribution >= 0.6 is 12.4 Å². The van der Waals surface area contributed by atoms with Crippen LogP contribution in [-0.4, -0.2) is 25.6 Å². The quantitative estimate of drug-likeness (QED) is 0.878. The maximum atomic E-state index is 12.2. The Balaban J connectivity index is 0.00000147. The van der Waals surface area contributed by atoms with Gasteiger partial charge >= 0.3 is 0 Å². The van der Waals surface area contributed by atoms with Crippen molar-refractivity contribution in [2.24, 2.45) is 5.92 Å². The molecule has 1 fully saturated rings. The molecule has 1 saturated heterocycles. The van der Waals surface area contributed by atoms with Gasteiger partial charge in [-0.2, -0.15) is 0 Å². The fourth-order valence-electron chi connectivity index (χ4n) is 2.84. The smallest absolute Gasteiger partial charge is 0.224 e. The molecule has 0 saturated carbocycles. The van der Waals surface area contributed by atoms with Gasteiger partial charge in [0.25, 0.3) is 0 Å². The average Bonchev–Trinajstić information content (AvgIpc) is 2.90. The van der Waals surface area contributed by atoms with E-state index in [0.717, 1.165) is 50.3 Å². The van der Waals surface area contributed by atoms with E-state index >= 15 is 0 Å². The lowest BCUT2D eigenvalue weighted by Crippen LogP contribution is -2.34. The molecule has 2 aliphatic heterocycles. The minimum atomic E-state index is 0. The molecule has 0 spiro atoms. The van der Waals surface area contributed by atoms with Crippen molar-refractivity contribution in [2.75, 3.05) is 19.7 Å². The number of fused-ring (bicyclic) bond motifs is 1. The first-order valence-electron chi connectivity index (χ1n) is 7.07. The van der Waals surface area contributed by atoms with Crippen molar-refractivity contribution in [2.45, 2.75) is 25.3 Å². The monoisotopic (exact) mass is 296 g/mol. The number of benzene rings is 1. The number of hydrogen-bond donors (Lipinski definition) is 2. The molecular weight excluding hydrogens is 276 g/mol. The normalized spacial score (nSPS) is 24.8. The van der Waals surface area contributed by atoms with E-state index in [1.807, 2.05) is 18.2 Å². The molecule has 2 atom stereocenters. The molecule has 0 bridgehead atoms. The molecule has 5 heteroatoms. The predicted octanol–water partition coefficient (Wildman–Crippen LogP) is 2.05. The number of nitrogens with one attached hydrogen (secondary N) is 2. The molecule has 2 aliphatic rings. The molecule has 110 valence electrons. The number of amides is 1. The van der Waals surface area contributed by atoms with Crippen LogP contribution in [0.2, 0.25) is 0 Å². The van der Waals surface area contributed by atoms with Gasteiger partial charge in [-0.25, -0.2) is 0 Å². The highest BCUT2D eigenvalue weighted by molar-refractivity contribution is 5.85. The van der Waals surface area contributed by atoms with E-state index in [4.69, 9.17) is 4.74 Å². The fraction of sp³-hybridized carbons (Fsp3) is 0.533. The van der Waals surface area contributed by atoms with Gasteiger partial charge in [0.15, 0.2) is 0 Å². The summed E-state index contributed by atoms with van der Waals surface area (Å²) in [5, 5.41) is 6.43. The molecular formula is C15H21ClN2O2. The first-order valence-corrected chi connectivity index (χ1v) is 7.07. The van der Waals surface area contributed by atoms with Gasteiger partial charge in [-0.15, -0.1) is 12.4 Å². The average molecular weight is 297 g/mol. The number of carbonyl (C=O) groups is 1. The Labute approximate surface area is 125 Å². The summed E-state index contributed by atoms with van der Waals surface area (Å²) in [5.41, 5.74) is 1.11. The van der Waals surface area contributed by atoms with Crippen molar-refractivity contribution < 1.29 is 9.53 Å². The van der Waals surface area contributed by atoms with E-state index in [0.29, 0.717) is 0 Å². The molecule has 0 aliphatic carbocycles. The SMILES string of the molecule is Cl.O=C(NC1CCCOc2ccccc21)C1CCNC1. The second-order valence-corrected chi connectivity index (χ2v) is 5.28. The minimum Gasteiger partial charge on any atom is -0.493 e. The van der Waals surface area contributed by atoms with E-state index in [2.05, 4.69) is 16.7 Å². The zero-order valence-electron chi connectivity index (χ0n) is 11.4. The standard InChI is InChI=1S/C15H20N2O2.ClH/c18-15(11-7-8-16-10-11)17-13-5-3-9-19-14-6-2-1-4-12(13)14;/h1-2,4,6,11,13,16H,3,5,7-10H2,(H,17,18);1H. The lowest BCUT2D eigenvalue weighted by Gasteiger charge is -2.20. The van der Waals surface area contributed by atoms with Crippen LogP contribution in [0.25, 0.3) is 0 Å². The van der Waals surface area contributed by atoms with Gasteiger partial charge in [0, 0.05) is 12.1 Å². The van der Waals surface area contributed by atoms with Gasteiger partial charge in [-0.3, -0.25) is 4.79 Å².